The number of oxazole rings is 1. The Hall–Kier alpha value is -1.62. The molecule has 0 amide bonds. The number of carbonyl (C=O) groups excluding carboxylic acids is 1. The fraction of sp³-hybridized carbons (Fsp3) is 0.467. The summed E-state index contributed by atoms with van der Waals surface area (Å²) < 4.78 is 42.5. The van der Waals surface area contributed by atoms with Gasteiger partial charge >= 0.3 is 5.97 Å². The fourth-order valence-corrected chi connectivity index (χ4v) is 5.08. The van der Waals surface area contributed by atoms with Crippen LogP contribution in [-0.4, -0.2) is 61.8 Å². The zero-order valence-electron chi connectivity index (χ0n) is 13.2. The molecular formula is C15H16N2O6S2. The molecule has 1 aromatic heterocycles. The quantitative estimate of drug-likeness (QED) is 0.727. The van der Waals surface area contributed by atoms with Gasteiger partial charge in [0.2, 0.25) is 10.0 Å². The first-order chi connectivity index (χ1) is 12.0. The van der Waals surface area contributed by atoms with Crippen molar-refractivity contribution in [1.82, 2.24) is 9.29 Å². The second-order valence-corrected chi connectivity index (χ2v) is 8.78. The topological polar surface area (TPSA) is 98.9 Å². The van der Waals surface area contributed by atoms with Crippen molar-refractivity contribution in [3.05, 3.63) is 18.2 Å². The van der Waals surface area contributed by atoms with E-state index in [1.807, 2.05) is 0 Å². The summed E-state index contributed by atoms with van der Waals surface area (Å²) in [7, 11) is -3.58. The van der Waals surface area contributed by atoms with Crippen molar-refractivity contribution in [3.8, 4) is 0 Å². The van der Waals surface area contributed by atoms with Crippen LogP contribution in [0.4, 0.5) is 0 Å². The number of ether oxygens (including phenoxy) is 2. The highest BCUT2D eigenvalue weighted by atomic mass is 32.2. The Labute approximate surface area is 148 Å². The Morgan fingerprint density at radius 2 is 2.00 bits per heavy atom. The first-order valence-corrected chi connectivity index (χ1v) is 10.2. The minimum absolute atomic E-state index is 0.173. The molecule has 0 unspecified atom stereocenters. The monoisotopic (exact) mass is 384 g/mol. The van der Waals surface area contributed by atoms with E-state index in [2.05, 4.69) is 4.98 Å². The average molecular weight is 384 g/mol. The summed E-state index contributed by atoms with van der Waals surface area (Å²) in [4.78, 5) is 16.0. The van der Waals surface area contributed by atoms with Gasteiger partial charge in [-0.2, -0.15) is 4.31 Å². The third kappa shape index (κ3) is 3.26. The number of cyclic esters (lactones) is 1. The smallest absolute Gasteiger partial charge is 0.319 e. The van der Waals surface area contributed by atoms with E-state index in [1.54, 1.807) is 6.07 Å². The molecule has 2 aliphatic rings. The standard InChI is InChI=1S/C15H16N2O6S2/c18-14-13(3-6-22-14)24-15-16-11-9-10(1-2-12(11)23-15)25(19,20)17-4-7-21-8-5-17/h1-2,9,13H,3-8H2/t13-/m0/s1. The molecule has 0 radical (unpaired) electrons. The molecule has 0 N–H and O–H groups in total. The van der Waals surface area contributed by atoms with Gasteiger partial charge in [-0.25, -0.2) is 13.4 Å². The molecule has 0 saturated carbocycles. The molecule has 2 aromatic rings. The number of nitrogens with zero attached hydrogens (tertiary/aromatic N) is 2. The number of hydrogen-bond acceptors (Lipinski definition) is 8. The maximum atomic E-state index is 12.7. The summed E-state index contributed by atoms with van der Waals surface area (Å²) in [6.07, 6.45) is 0.610. The average Bonchev–Trinajstić information content (AvgIpc) is 3.21. The molecule has 0 aliphatic carbocycles. The number of esters is 1. The van der Waals surface area contributed by atoms with Crippen LogP contribution in [0.5, 0.6) is 0 Å². The van der Waals surface area contributed by atoms with Crippen LogP contribution in [-0.2, 0) is 24.3 Å². The molecule has 4 rings (SSSR count). The zero-order valence-corrected chi connectivity index (χ0v) is 14.8. The number of sulfonamides is 1. The molecule has 0 spiro atoms. The fourth-order valence-electron chi connectivity index (χ4n) is 2.74. The van der Waals surface area contributed by atoms with Gasteiger partial charge in [0.25, 0.3) is 5.22 Å². The highest BCUT2D eigenvalue weighted by molar-refractivity contribution is 8.00. The zero-order chi connectivity index (χ0) is 17.4. The predicted octanol–water partition coefficient (Wildman–Crippen LogP) is 1.26. The summed E-state index contributed by atoms with van der Waals surface area (Å²) in [6.45, 7) is 1.86. The molecule has 2 fully saturated rings. The van der Waals surface area contributed by atoms with Crippen molar-refractivity contribution in [2.45, 2.75) is 21.8 Å². The number of rotatable bonds is 4. The van der Waals surface area contributed by atoms with E-state index in [1.165, 1.54) is 28.2 Å². The number of benzene rings is 1. The van der Waals surface area contributed by atoms with Crippen LogP contribution >= 0.6 is 11.8 Å². The number of thioether (sulfide) groups is 1. The lowest BCUT2D eigenvalue weighted by Gasteiger charge is -2.25. The largest absolute Gasteiger partial charge is 0.465 e. The van der Waals surface area contributed by atoms with Crippen LogP contribution in [0.2, 0.25) is 0 Å². The van der Waals surface area contributed by atoms with Gasteiger partial charge in [-0.05, 0) is 18.2 Å². The second-order valence-electron chi connectivity index (χ2n) is 5.69. The van der Waals surface area contributed by atoms with E-state index in [9.17, 15) is 13.2 Å². The van der Waals surface area contributed by atoms with Crippen LogP contribution in [0.25, 0.3) is 11.1 Å². The number of carbonyl (C=O) groups is 1. The molecule has 10 heteroatoms. The Bertz CT molecular complexity index is 904. The summed E-state index contributed by atoms with van der Waals surface area (Å²) >= 11 is 1.20. The SMILES string of the molecule is O=C1OCC[C@@H]1Sc1nc2cc(S(=O)(=O)N3CCOCC3)ccc2o1. The van der Waals surface area contributed by atoms with Gasteiger partial charge in [-0.15, -0.1) is 0 Å². The van der Waals surface area contributed by atoms with Crippen molar-refractivity contribution in [2.75, 3.05) is 32.9 Å². The van der Waals surface area contributed by atoms with E-state index in [-0.39, 0.29) is 16.1 Å². The molecule has 2 aliphatic heterocycles. The van der Waals surface area contributed by atoms with Gasteiger partial charge in [0, 0.05) is 19.5 Å². The van der Waals surface area contributed by atoms with Crippen LogP contribution in [0, 0.1) is 0 Å². The number of aromatic nitrogens is 1. The van der Waals surface area contributed by atoms with Crippen molar-refractivity contribution in [2.24, 2.45) is 0 Å². The van der Waals surface area contributed by atoms with Crippen LogP contribution in [0.15, 0.2) is 32.7 Å². The molecule has 1 aromatic carbocycles. The third-order valence-electron chi connectivity index (χ3n) is 4.08. The van der Waals surface area contributed by atoms with E-state index >= 15 is 0 Å². The van der Waals surface area contributed by atoms with Crippen molar-refractivity contribution < 1.29 is 27.1 Å². The Kier molecular flexibility index (Phi) is 4.44. The van der Waals surface area contributed by atoms with Crippen LogP contribution < -0.4 is 0 Å². The van der Waals surface area contributed by atoms with Crippen molar-refractivity contribution >= 4 is 38.9 Å². The molecule has 134 valence electrons. The van der Waals surface area contributed by atoms with Gasteiger partial charge in [-0.3, -0.25) is 4.79 Å². The molecule has 3 heterocycles. The Balaban J connectivity index is 1.60. The second kappa shape index (κ2) is 6.60. The molecule has 8 nitrogen and oxygen atoms in total. The minimum atomic E-state index is -3.58. The highest BCUT2D eigenvalue weighted by Crippen LogP contribution is 2.32. The van der Waals surface area contributed by atoms with Gasteiger partial charge in [0.1, 0.15) is 10.8 Å². The summed E-state index contributed by atoms with van der Waals surface area (Å²) in [5, 5.41) is 0.00406. The maximum Gasteiger partial charge on any atom is 0.319 e. The van der Waals surface area contributed by atoms with Gasteiger partial charge in [0.05, 0.1) is 24.7 Å². The van der Waals surface area contributed by atoms with Gasteiger partial charge in [0.15, 0.2) is 5.58 Å². The molecule has 0 bridgehead atoms. The van der Waals surface area contributed by atoms with Gasteiger partial charge < -0.3 is 13.9 Å². The maximum absolute atomic E-state index is 12.7. The molecular weight excluding hydrogens is 368 g/mol. The lowest BCUT2D eigenvalue weighted by Crippen LogP contribution is -2.40. The summed E-state index contributed by atoms with van der Waals surface area (Å²) in [5.74, 6) is -0.275. The number of hydrogen-bond donors (Lipinski definition) is 0. The van der Waals surface area contributed by atoms with Crippen molar-refractivity contribution in [3.63, 3.8) is 0 Å². The lowest BCUT2D eigenvalue weighted by molar-refractivity contribution is -0.137. The summed E-state index contributed by atoms with van der Waals surface area (Å²) in [5.41, 5.74) is 0.929. The highest BCUT2D eigenvalue weighted by Gasteiger charge is 2.30. The molecule has 1 atom stereocenters. The van der Waals surface area contributed by atoms with Gasteiger partial charge in [-0.1, -0.05) is 11.8 Å². The van der Waals surface area contributed by atoms with E-state index < -0.39 is 10.0 Å². The summed E-state index contributed by atoms with van der Waals surface area (Å²) in [6, 6.07) is 4.60. The first kappa shape index (κ1) is 16.8. The van der Waals surface area contributed by atoms with Crippen LogP contribution in [0.3, 0.4) is 0 Å². The van der Waals surface area contributed by atoms with E-state index in [0.717, 1.165) is 0 Å². The predicted molar refractivity (Wildman–Crippen MR) is 88.8 cm³/mol. The Morgan fingerprint density at radius 1 is 1.20 bits per heavy atom. The molecule has 2 saturated heterocycles. The molecule has 25 heavy (non-hydrogen) atoms. The number of morpholine rings is 1. The van der Waals surface area contributed by atoms with Crippen LogP contribution in [0.1, 0.15) is 6.42 Å². The first-order valence-electron chi connectivity index (χ1n) is 7.86. The Morgan fingerprint density at radius 3 is 2.72 bits per heavy atom. The normalized spacial score (nSPS) is 22.4. The minimum Gasteiger partial charge on any atom is -0.465 e. The van der Waals surface area contributed by atoms with E-state index in [0.29, 0.717) is 55.7 Å². The lowest BCUT2D eigenvalue weighted by atomic mass is 10.3. The van der Waals surface area contributed by atoms with E-state index in [4.69, 9.17) is 13.9 Å². The number of fused-ring (bicyclic) bond motifs is 1. The third-order valence-corrected chi connectivity index (χ3v) is 7.06. The van der Waals surface area contributed by atoms with Crippen molar-refractivity contribution in [1.29, 1.82) is 0 Å².